The number of primary amides is 1. The summed E-state index contributed by atoms with van der Waals surface area (Å²) < 4.78 is 38.8. The topological polar surface area (TPSA) is 177 Å². The highest BCUT2D eigenvalue weighted by Gasteiger charge is 2.51. The number of methoxy groups -OCH3 is 2. The number of aromatic amines is 2. The highest BCUT2D eigenvalue weighted by atomic mass is 19.3. The number of nitrogens with one attached hydrogen (secondary N) is 2. The fraction of sp³-hybridized carbons (Fsp3) is 0.552. The van der Waals surface area contributed by atoms with E-state index < -0.39 is 12.0 Å². The lowest BCUT2D eigenvalue weighted by Crippen LogP contribution is -2.41. The second-order valence-electron chi connectivity index (χ2n) is 19.4. The third kappa shape index (κ3) is 15.9. The van der Waals surface area contributed by atoms with Gasteiger partial charge in [-0.3, -0.25) is 14.4 Å². The molecule has 73 heavy (non-hydrogen) atoms. The Morgan fingerprint density at radius 3 is 1.82 bits per heavy atom. The number of H-pyrrole nitrogens is 2. The Balaban J connectivity index is 0.000000270. The number of hydrogen-bond acceptors (Lipinski definition) is 8. The van der Waals surface area contributed by atoms with Crippen molar-refractivity contribution in [3.63, 3.8) is 0 Å². The standard InChI is InChI=1S/C23H14F2N4.2C12H21NO.C3H6O2.C2H5NO2.3C2H6/c24-23(25)18-7-13(14-3-6-20-21(9-14)29-12-28-20)1-4-16(18)17-5-2-15(8-19(17)23)22-10-26-11-27-22;1-9(2)6-11(14)13-8-12(4-5-12)7-10(13)3;1-8(2)9(3)12(14)13-7-10-4-5-11(13)6-10;1-3(4)5-2;1-5-2(3)4;3*1-2/h1-12H,(H,26,27)(H,28,29);9-10H,4-8H2,1-3H3;8-11H,4-7H2,1-3H3;1-2H3;1H3,(H2,3,4);3*1-2H3/t;;9-,10?,11?;;;;;/m..0...../s1. The second-order valence-corrected chi connectivity index (χ2v) is 19.4. The number of nitrogens with two attached hydrogens (primary N) is 1. The first-order valence-corrected chi connectivity index (χ1v) is 26.3. The largest absolute Gasteiger partial charge is 0.469 e. The van der Waals surface area contributed by atoms with Crippen molar-refractivity contribution in [2.45, 2.75) is 153 Å². The van der Waals surface area contributed by atoms with Crippen molar-refractivity contribution < 1.29 is 37.4 Å². The van der Waals surface area contributed by atoms with Gasteiger partial charge in [-0.15, -0.1) is 0 Å². The molecule has 13 nitrogen and oxygen atoms in total. The molecule has 3 amide bonds. The predicted octanol–water partition coefficient (Wildman–Crippen LogP) is 13.4. The first-order valence-electron chi connectivity index (χ1n) is 26.3. The van der Waals surface area contributed by atoms with Crippen LogP contribution >= 0.6 is 0 Å². The molecule has 15 heteroatoms. The summed E-state index contributed by atoms with van der Waals surface area (Å²) >= 11 is 0. The summed E-state index contributed by atoms with van der Waals surface area (Å²) in [5.41, 5.74) is 11.0. The molecule has 4 atom stereocenters. The van der Waals surface area contributed by atoms with Crippen LogP contribution in [0.4, 0.5) is 13.6 Å². The minimum absolute atomic E-state index is 0.0285. The maximum atomic E-state index is 15.4. The van der Waals surface area contributed by atoms with Crippen LogP contribution < -0.4 is 5.73 Å². The van der Waals surface area contributed by atoms with E-state index >= 15 is 8.78 Å². The second kappa shape index (κ2) is 28.4. The normalized spacial score (nSPS) is 18.6. The van der Waals surface area contributed by atoms with Gasteiger partial charge in [-0.1, -0.05) is 106 Å². The van der Waals surface area contributed by atoms with Crippen molar-refractivity contribution in [2.24, 2.45) is 34.8 Å². The highest BCUT2D eigenvalue weighted by molar-refractivity contribution is 5.87. The van der Waals surface area contributed by atoms with Crippen LogP contribution in [0, 0.1) is 29.1 Å². The van der Waals surface area contributed by atoms with Crippen molar-refractivity contribution in [3.8, 4) is 33.5 Å². The summed E-state index contributed by atoms with van der Waals surface area (Å²) in [5.74, 6) is -0.548. The number of rotatable bonds is 6. The first-order chi connectivity index (χ1) is 34.8. The van der Waals surface area contributed by atoms with Crippen LogP contribution in [0.5, 0.6) is 0 Å². The van der Waals surface area contributed by atoms with E-state index in [4.69, 9.17) is 0 Å². The van der Waals surface area contributed by atoms with Gasteiger partial charge in [0.25, 0.3) is 5.92 Å². The molecule has 4 fully saturated rings. The molecule has 4 heterocycles. The number of aromatic nitrogens is 4. The molecule has 2 saturated carbocycles. The Labute approximate surface area is 433 Å². The van der Waals surface area contributed by atoms with E-state index in [1.54, 1.807) is 36.8 Å². The Kier molecular flexibility index (Phi) is 23.8. The van der Waals surface area contributed by atoms with E-state index in [1.807, 2.05) is 71.9 Å². The molecule has 3 aliphatic carbocycles. The SMILES string of the molecule is CC.CC.CC.CC(C)CC(=O)N1CC2(CC2)CC1C.CC(C)[C@H](C)C(=O)N1CC2CCC1C2.COC(C)=O.COC(N)=O.FC1(F)c2cc(-c3ccc4nc[nH]c4c3)ccc2-c2ccc(-c3cnc[nH]3)cc21. The number of benzene rings is 3. The van der Waals surface area contributed by atoms with E-state index in [0.717, 1.165) is 47.6 Å². The van der Waals surface area contributed by atoms with E-state index in [1.165, 1.54) is 66.0 Å². The van der Waals surface area contributed by atoms with Crippen molar-refractivity contribution in [3.05, 3.63) is 84.6 Å². The van der Waals surface area contributed by atoms with Gasteiger partial charge in [0.15, 0.2) is 0 Å². The van der Waals surface area contributed by atoms with Crippen LogP contribution in [0.2, 0.25) is 0 Å². The number of ether oxygens (including phenoxy) is 2. The molecule has 2 aliphatic heterocycles. The summed E-state index contributed by atoms with van der Waals surface area (Å²) in [4.78, 5) is 61.5. The summed E-state index contributed by atoms with van der Waals surface area (Å²) in [5, 5.41) is 0. The zero-order valence-electron chi connectivity index (χ0n) is 46.3. The summed E-state index contributed by atoms with van der Waals surface area (Å²) in [6.45, 7) is 28.2. The zero-order valence-corrected chi connectivity index (χ0v) is 46.3. The Morgan fingerprint density at radius 2 is 1.36 bits per heavy atom. The average molecular weight is 1010 g/mol. The molecule has 5 aromatic rings. The van der Waals surface area contributed by atoms with Gasteiger partial charge in [0, 0.05) is 61.1 Å². The molecule has 4 N–H and O–H groups in total. The smallest absolute Gasteiger partial charge is 0.404 e. The van der Waals surface area contributed by atoms with Crippen LogP contribution in [0.1, 0.15) is 146 Å². The quantitative estimate of drug-likeness (QED) is 0.141. The fourth-order valence-electron chi connectivity index (χ4n) is 9.50. The number of piperidine rings is 1. The molecular weight excluding hydrogens is 929 g/mol. The van der Waals surface area contributed by atoms with Gasteiger partial charge in [-0.25, -0.2) is 14.8 Å². The minimum atomic E-state index is -3.06. The van der Waals surface area contributed by atoms with Crippen molar-refractivity contribution in [2.75, 3.05) is 27.3 Å². The van der Waals surface area contributed by atoms with Gasteiger partial charge in [-0.05, 0) is 115 Å². The van der Waals surface area contributed by atoms with E-state index in [9.17, 15) is 19.2 Å². The van der Waals surface area contributed by atoms with Gasteiger partial charge in [0.05, 0.1) is 49.8 Å². The first kappa shape index (κ1) is 61.2. The third-order valence-electron chi connectivity index (χ3n) is 13.8. The van der Waals surface area contributed by atoms with Crippen molar-refractivity contribution in [1.29, 1.82) is 0 Å². The number of likely N-dealkylation sites (tertiary alicyclic amines) is 2. The number of nitrogens with zero attached hydrogens (tertiary/aromatic N) is 4. The molecule has 3 unspecified atom stereocenters. The number of hydrogen-bond donors (Lipinski definition) is 3. The average Bonchev–Trinajstić information content (AvgIpc) is 4.11. The van der Waals surface area contributed by atoms with Crippen LogP contribution in [0.3, 0.4) is 0 Å². The number of alkyl halides is 2. The number of imidazole rings is 2. The summed E-state index contributed by atoms with van der Waals surface area (Å²) in [6, 6.07) is 17.3. The maximum Gasteiger partial charge on any atom is 0.404 e. The van der Waals surface area contributed by atoms with Gasteiger partial charge < -0.3 is 35.0 Å². The number of carbonyl (C=O) groups excluding carboxylic acids is 4. The van der Waals surface area contributed by atoms with Crippen LogP contribution in [0.25, 0.3) is 44.5 Å². The van der Waals surface area contributed by atoms with E-state index in [-0.39, 0.29) is 23.0 Å². The van der Waals surface area contributed by atoms with Crippen LogP contribution in [-0.2, 0) is 29.8 Å². The van der Waals surface area contributed by atoms with Gasteiger partial charge >= 0.3 is 12.1 Å². The maximum absolute atomic E-state index is 15.4. The number of carbonyl (C=O) groups is 4. The summed E-state index contributed by atoms with van der Waals surface area (Å²) in [7, 11) is 2.57. The lowest BCUT2D eigenvalue weighted by molar-refractivity contribution is -0.138. The van der Waals surface area contributed by atoms with E-state index in [2.05, 4.69) is 86.5 Å². The molecule has 0 radical (unpaired) electrons. The number of amides is 3. The molecule has 3 aromatic carbocycles. The Morgan fingerprint density at radius 1 is 0.795 bits per heavy atom. The number of halogens is 2. The Bertz CT molecular complexity index is 2500. The van der Waals surface area contributed by atoms with Crippen molar-refractivity contribution >= 4 is 34.9 Å². The van der Waals surface area contributed by atoms with Crippen LogP contribution in [0.15, 0.2) is 73.4 Å². The third-order valence-corrected chi connectivity index (χ3v) is 13.8. The van der Waals surface area contributed by atoms with Gasteiger partial charge in [0.1, 0.15) is 0 Å². The monoisotopic (exact) mass is 1010 g/mol. The van der Waals surface area contributed by atoms with Crippen molar-refractivity contribution in [1.82, 2.24) is 29.7 Å². The minimum Gasteiger partial charge on any atom is -0.469 e. The fourth-order valence-corrected chi connectivity index (χ4v) is 9.50. The highest BCUT2D eigenvalue weighted by Crippen LogP contribution is 2.55. The summed E-state index contributed by atoms with van der Waals surface area (Å²) in [6.07, 6.45) is 12.6. The molecular formula is C58H85F2N7O6. The van der Waals surface area contributed by atoms with E-state index in [0.29, 0.717) is 63.5 Å². The lowest BCUT2D eigenvalue weighted by atomic mass is 9.95. The molecule has 2 bridgehead atoms. The predicted molar refractivity (Wildman–Crippen MR) is 290 cm³/mol. The zero-order chi connectivity index (χ0) is 54.8. The molecule has 402 valence electrons. The lowest BCUT2D eigenvalue weighted by Gasteiger charge is -2.30. The Hall–Kier alpha value is -6.12. The van der Waals surface area contributed by atoms with Gasteiger partial charge in [-0.2, -0.15) is 8.78 Å². The molecule has 10 rings (SSSR count). The molecule has 2 saturated heterocycles. The number of fused-ring (bicyclic) bond motifs is 6. The van der Waals surface area contributed by atoms with Gasteiger partial charge in [0.2, 0.25) is 11.8 Å². The molecule has 2 aromatic heterocycles. The van der Waals surface area contributed by atoms with Crippen LogP contribution in [-0.4, -0.2) is 93.0 Å². The molecule has 1 spiro atoms. The number of esters is 1. The molecule has 5 aliphatic rings.